The molecule has 162 valence electrons. The number of hydrogen-bond donors (Lipinski definition) is 1. The summed E-state index contributed by atoms with van der Waals surface area (Å²) in [4.78, 5) is 33.3. The maximum Gasteiger partial charge on any atom is 0.274 e. The van der Waals surface area contributed by atoms with Crippen molar-refractivity contribution in [1.82, 2.24) is 15.2 Å². The van der Waals surface area contributed by atoms with Crippen molar-refractivity contribution in [2.24, 2.45) is 0 Å². The number of carbonyl (C=O) groups is 2. The fourth-order valence-corrected chi connectivity index (χ4v) is 4.84. The number of aryl methyl sites for hydroxylation is 1. The molecule has 0 bridgehead atoms. The van der Waals surface area contributed by atoms with E-state index in [0.717, 1.165) is 34.0 Å². The zero-order valence-electron chi connectivity index (χ0n) is 17.4. The number of thiophene rings is 1. The van der Waals surface area contributed by atoms with Gasteiger partial charge in [0.15, 0.2) is 0 Å². The van der Waals surface area contributed by atoms with E-state index >= 15 is 0 Å². The number of nitrogens with zero attached hydrogens (tertiary/aromatic N) is 2. The molecule has 1 aliphatic rings. The van der Waals surface area contributed by atoms with Gasteiger partial charge in [-0.1, -0.05) is 18.2 Å². The largest absolute Gasteiger partial charge is 0.488 e. The van der Waals surface area contributed by atoms with Crippen LogP contribution in [0.1, 0.15) is 45.2 Å². The molecule has 4 rings (SSSR count). The van der Waals surface area contributed by atoms with Crippen LogP contribution in [0.3, 0.4) is 0 Å². The van der Waals surface area contributed by atoms with Gasteiger partial charge in [0.25, 0.3) is 5.91 Å². The monoisotopic (exact) mass is 455 g/mol. The third kappa shape index (κ3) is 5.51. The van der Waals surface area contributed by atoms with E-state index in [-0.39, 0.29) is 11.8 Å². The molecule has 3 heterocycles. The zero-order valence-corrected chi connectivity index (χ0v) is 19.0. The molecule has 1 saturated heterocycles. The third-order valence-electron chi connectivity index (χ3n) is 5.19. The molecule has 1 aliphatic heterocycles. The first-order valence-corrected chi connectivity index (χ1v) is 12.1. The van der Waals surface area contributed by atoms with Crippen LogP contribution in [-0.4, -0.2) is 34.3 Å². The summed E-state index contributed by atoms with van der Waals surface area (Å²) in [6, 6.07) is 11.3. The van der Waals surface area contributed by atoms with E-state index in [2.05, 4.69) is 10.3 Å². The van der Waals surface area contributed by atoms with Crippen LogP contribution in [0.5, 0.6) is 5.75 Å². The van der Waals surface area contributed by atoms with Crippen molar-refractivity contribution >= 4 is 34.5 Å². The molecule has 3 aromatic rings. The lowest BCUT2D eigenvalue weighted by molar-refractivity contribution is -0.125. The molecular formula is C23H25N3O3S2. The molecule has 0 spiro atoms. The Kier molecular flexibility index (Phi) is 6.99. The van der Waals surface area contributed by atoms with Crippen molar-refractivity contribution in [3.05, 3.63) is 68.3 Å². The van der Waals surface area contributed by atoms with Gasteiger partial charge in [-0.3, -0.25) is 9.59 Å². The van der Waals surface area contributed by atoms with Gasteiger partial charge in [-0.05, 0) is 55.3 Å². The van der Waals surface area contributed by atoms with Gasteiger partial charge in [-0.25, -0.2) is 4.98 Å². The SMILES string of the molecule is Cc1nc(C(=O)N(Cc2cccc(OCc3cccs3)c2)[C@H]2CCCCNC2=O)cs1. The average Bonchev–Trinajstić information content (AvgIpc) is 3.40. The summed E-state index contributed by atoms with van der Waals surface area (Å²) in [5, 5.41) is 7.56. The van der Waals surface area contributed by atoms with Crippen LogP contribution >= 0.6 is 22.7 Å². The second-order valence-corrected chi connectivity index (χ2v) is 9.60. The number of ether oxygens (including phenoxy) is 1. The van der Waals surface area contributed by atoms with Crippen molar-refractivity contribution in [2.75, 3.05) is 6.54 Å². The standard InChI is InChI=1S/C23H25N3O3S2/c1-16-25-20(15-31-16)23(28)26(21-9-2-3-10-24-22(21)27)13-17-6-4-7-18(12-17)29-14-19-8-5-11-30-19/h4-8,11-12,15,21H,2-3,9-10,13-14H2,1H3,(H,24,27)/t21-/m0/s1. The second-order valence-electron chi connectivity index (χ2n) is 7.50. The Hall–Kier alpha value is -2.71. The van der Waals surface area contributed by atoms with E-state index in [9.17, 15) is 9.59 Å². The number of carbonyl (C=O) groups excluding carboxylic acids is 2. The molecule has 1 fully saturated rings. The normalized spacial score (nSPS) is 16.4. The van der Waals surface area contributed by atoms with E-state index in [4.69, 9.17) is 4.74 Å². The first-order valence-electron chi connectivity index (χ1n) is 10.3. The van der Waals surface area contributed by atoms with Gasteiger partial charge in [0, 0.05) is 23.3 Å². The van der Waals surface area contributed by atoms with Gasteiger partial charge in [0.2, 0.25) is 5.91 Å². The maximum atomic E-state index is 13.3. The van der Waals surface area contributed by atoms with Gasteiger partial charge in [0.05, 0.1) is 5.01 Å². The van der Waals surface area contributed by atoms with Crippen LogP contribution in [0, 0.1) is 6.92 Å². The average molecular weight is 456 g/mol. The second kappa shape index (κ2) is 10.1. The molecule has 2 amide bonds. The zero-order chi connectivity index (χ0) is 21.6. The number of aromatic nitrogens is 1. The van der Waals surface area contributed by atoms with Crippen molar-refractivity contribution in [3.63, 3.8) is 0 Å². The Morgan fingerprint density at radius 3 is 2.94 bits per heavy atom. The molecule has 0 unspecified atom stereocenters. The van der Waals surface area contributed by atoms with Crippen molar-refractivity contribution in [3.8, 4) is 5.75 Å². The molecular weight excluding hydrogens is 430 g/mol. The van der Waals surface area contributed by atoms with Gasteiger partial charge < -0.3 is 15.0 Å². The first-order chi connectivity index (χ1) is 15.1. The number of rotatable bonds is 7. The van der Waals surface area contributed by atoms with Crippen LogP contribution in [0.2, 0.25) is 0 Å². The molecule has 1 aromatic carbocycles. The summed E-state index contributed by atoms with van der Waals surface area (Å²) in [5.41, 5.74) is 1.31. The minimum Gasteiger partial charge on any atom is -0.488 e. The number of hydrogen-bond acceptors (Lipinski definition) is 6. The van der Waals surface area contributed by atoms with Gasteiger partial charge in [0.1, 0.15) is 24.1 Å². The Balaban J connectivity index is 1.55. The third-order valence-corrected chi connectivity index (χ3v) is 6.82. The molecule has 8 heteroatoms. The highest BCUT2D eigenvalue weighted by Gasteiger charge is 2.32. The van der Waals surface area contributed by atoms with E-state index < -0.39 is 6.04 Å². The summed E-state index contributed by atoms with van der Waals surface area (Å²) < 4.78 is 5.92. The summed E-state index contributed by atoms with van der Waals surface area (Å²) in [5.74, 6) is 0.437. The van der Waals surface area contributed by atoms with E-state index in [1.807, 2.05) is 48.7 Å². The number of benzene rings is 1. The lowest BCUT2D eigenvalue weighted by Gasteiger charge is -2.29. The lowest BCUT2D eigenvalue weighted by Crippen LogP contribution is -2.48. The smallest absolute Gasteiger partial charge is 0.274 e. The van der Waals surface area contributed by atoms with Crippen LogP contribution in [0.25, 0.3) is 0 Å². The fourth-order valence-electron chi connectivity index (χ4n) is 3.63. The molecule has 0 aliphatic carbocycles. The Labute approximate surface area is 189 Å². The summed E-state index contributed by atoms with van der Waals surface area (Å²) >= 11 is 3.09. The van der Waals surface area contributed by atoms with E-state index in [0.29, 0.717) is 31.8 Å². The number of amides is 2. The molecule has 1 N–H and O–H groups in total. The minimum absolute atomic E-state index is 0.0945. The Morgan fingerprint density at radius 1 is 1.26 bits per heavy atom. The predicted octanol–water partition coefficient (Wildman–Crippen LogP) is 4.40. The molecule has 6 nitrogen and oxygen atoms in total. The highest BCUT2D eigenvalue weighted by atomic mass is 32.1. The first kappa shape index (κ1) is 21.5. The van der Waals surface area contributed by atoms with Crippen LogP contribution in [0.15, 0.2) is 47.2 Å². The topological polar surface area (TPSA) is 71.5 Å². The van der Waals surface area contributed by atoms with Crippen molar-refractivity contribution in [1.29, 1.82) is 0 Å². The summed E-state index contributed by atoms with van der Waals surface area (Å²) in [6.45, 7) is 3.36. The quantitative estimate of drug-likeness (QED) is 0.573. The van der Waals surface area contributed by atoms with Crippen molar-refractivity contribution < 1.29 is 14.3 Å². The van der Waals surface area contributed by atoms with Crippen LogP contribution in [0.4, 0.5) is 0 Å². The van der Waals surface area contributed by atoms with Crippen LogP contribution in [-0.2, 0) is 17.9 Å². The Bertz CT molecular complexity index is 1030. The maximum absolute atomic E-state index is 13.3. The Morgan fingerprint density at radius 2 is 2.16 bits per heavy atom. The number of nitrogens with one attached hydrogen (secondary N) is 1. The van der Waals surface area contributed by atoms with E-state index in [1.165, 1.54) is 11.3 Å². The highest BCUT2D eigenvalue weighted by molar-refractivity contribution is 7.10. The van der Waals surface area contributed by atoms with Crippen molar-refractivity contribution in [2.45, 2.75) is 45.4 Å². The van der Waals surface area contributed by atoms with Crippen LogP contribution < -0.4 is 10.1 Å². The minimum atomic E-state index is -0.507. The van der Waals surface area contributed by atoms with Gasteiger partial charge in [-0.2, -0.15) is 0 Å². The number of thiazole rings is 1. The predicted molar refractivity (Wildman–Crippen MR) is 122 cm³/mol. The summed E-state index contributed by atoms with van der Waals surface area (Å²) in [6.07, 6.45) is 2.47. The fraction of sp³-hybridized carbons (Fsp3) is 0.348. The summed E-state index contributed by atoms with van der Waals surface area (Å²) in [7, 11) is 0. The molecule has 31 heavy (non-hydrogen) atoms. The highest BCUT2D eigenvalue weighted by Crippen LogP contribution is 2.23. The molecule has 0 radical (unpaired) electrons. The molecule has 0 saturated carbocycles. The molecule has 2 aromatic heterocycles. The van der Waals surface area contributed by atoms with Gasteiger partial charge in [-0.15, -0.1) is 22.7 Å². The lowest BCUT2D eigenvalue weighted by atomic mass is 10.1. The van der Waals surface area contributed by atoms with E-state index in [1.54, 1.807) is 21.6 Å². The molecule has 1 atom stereocenters. The van der Waals surface area contributed by atoms with Gasteiger partial charge >= 0.3 is 0 Å².